The van der Waals surface area contributed by atoms with Gasteiger partial charge in [0.15, 0.2) is 0 Å². The van der Waals surface area contributed by atoms with Crippen molar-refractivity contribution < 1.29 is 17.4 Å². The molecule has 0 N–H and O–H groups in total. The van der Waals surface area contributed by atoms with Gasteiger partial charge in [-0.1, -0.05) is 12.1 Å². The summed E-state index contributed by atoms with van der Waals surface area (Å²) in [6, 6.07) is 6.94. The van der Waals surface area contributed by atoms with Crippen LogP contribution in [-0.4, -0.2) is 62.6 Å². The first-order chi connectivity index (χ1) is 12.4. The van der Waals surface area contributed by atoms with Crippen LogP contribution < -0.4 is 4.18 Å². The number of rotatable bonds is 6. The molecule has 0 saturated carbocycles. The fourth-order valence-corrected chi connectivity index (χ4v) is 4.11. The third-order valence-electron chi connectivity index (χ3n) is 4.87. The Kier molecular flexibility index (Phi) is 5.98. The third kappa shape index (κ3) is 5.32. The lowest BCUT2D eigenvalue weighted by atomic mass is 10.2. The summed E-state index contributed by atoms with van der Waals surface area (Å²) in [4.78, 5) is 17.0. The summed E-state index contributed by atoms with van der Waals surface area (Å²) in [6.45, 7) is 4.10. The van der Waals surface area contributed by atoms with E-state index in [1.165, 1.54) is 12.8 Å². The highest BCUT2D eigenvalue weighted by atomic mass is 32.2. The summed E-state index contributed by atoms with van der Waals surface area (Å²) in [6.07, 6.45) is 9.04. The minimum atomic E-state index is -3.53. The summed E-state index contributed by atoms with van der Waals surface area (Å²) in [5.41, 5.74) is 0.828. The largest absolute Gasteiger partial charge is 0.383 e. The SMILES string of the molecule is CS(=O)(=O)Oc1ccc(/C=C/C(=O)N2CCC[C@H]2CN2CCCC2)cc1. The predicted molar refractivity (Wildman–Crippen MR) is 101 cm³/mol. The van der Waals surface area contributed by atoms with Crippen molar-refractivity contribution in [2.75, 3.05) is 32.4 Å². The van der Waals surface area contributed by atoms with E-state index in [0.29, 0.717) is 6.04 Å². The lowest BCUT2D eigenvalue weighted by Crippen LogP contribution is -2.41. The maximum Gasteiger partial charge on any atom is 0.306 e. The van der Waals surface area contributed by atoms with E-state index in [9.17, 15) is 13.2 Å². The Labute approximate surface area is 155 Å². The lowest BCUT2D eigenvalue weighted by molar-refractivity contribution is -0.127. The zero-order valence-corrected chi connectivity index (χ0v) is 16.0. The molecule has 1 aromatic rings. The fraction of sp³-hybridized carbons (Fsp3) is 0.526. The van der Waals surface area contributed by atoms with Crippen molar-refractivity contribution in [2.24, 2.45) is 0 Å². The molecular formula is C19H26N2O4S. The second-order valence-electron chi connectivity index (χ2n) is 7.03. The molecule has 3 rings (SSSR count). The van der Waals surface area contributed by atoms with Crippen LogP contribution in [-0.2, 0) is 14.9 Å². The van der Waals surface area contributed by atoms with Gasteiger partial charge >= 0.3 is 10.1 Å². The van der Waals surface area contributed by atoms with Crippen LogP contribution in [0, 0.1) is 0 Å². The van der Waals surface area contributed by atoms with Crippen molar-refractivity contribution >= 4 is 22.1 Å². The van der Waals surface area contributed by atoms with E-state index >= 15 is 0 Å². The number of hydrogen-bond acceptors (Lipinski definition) is 5. The summed E-state index contributed by atoms with van der Waals surface area (Å²) in [5.74, 6) is 0.310. The van der Waals surface area contributed by atoms with E-state index < -0.39 is 10.1 Å². The van der Waals surface area contributed by atoms with Crippen LogP contribution in [0.1, 0.15) is 31.2 Å². The van der Waals surface area contributed by atoms with Gasteiger partial charge in [0.2, 0.25) is 5.91 Å². The molecule has 0 radical (unpaired) electrons. The van der Waals surface area contributed by atoms with Gasteiger partial charge in [0.25, 0.3) is 0 Å². The third-order valence-corrected chi connectivity index (χ3v) is 5.37. The van der Waals surface area contributed by atoms with Crippen molar-refractivity contribution in [1.82, 2.24) is 9.80 Å². The highest BCUT2D eigenvalue weighted by Crippen LogP contribution is 2.21. The molecule has 142 valence electrons. The Balaban J connectivity index is 1.57. The van der Waals surface area contributed by atoms with Crippen LogP contribution in [0.15, 0.2) is 30.3 Å². The average Bonchev–Trinajstić information content (AvgIpc) is 3.25. The molecule has 6 nitrogen and oxygen atoms in total. The van der Waals surface area contributed by atoms with Crippen LogP contribution in [0.5, 0.6) is 5.75 Å². The van der Waals surface area contributed by atoms with E-state index in [1.807, 2.05) is 4.90 Å². The zero-order valence-electron chi connectivity index (χ0n) is 15.1. The summed E-state index contributed by atoms with van der Waals surface area (Å²) in [5, 5.41) is 0. The number of nitrogens with zero attached hydrogens (tertiary/aromatic N) is 2. The van der Waals surface area contributed by atoms with E-state index in [4.69, 9.17) is 4.18 Å². The van der Waals surface area contributed by atoms with Crippen molar-refractivity contribution in [3.8, 4) is 5.75 Å². The zero-order chi connectivity index (χ0) is 18.6. The van der Waals surface area contributed by atoms with Gasteiger partial charge in [0, 0.05) is 25.2 Å². The Morgan fingerprint density at radius 1 is 1.15 bits per heavy atom. The second kappa shape index (κ2) is 8.22. The van der Waals surface area contributed by atoms with E-state index in [2.05, 4.69) is 4.90 Å². The summed E-state index contributed by atoms with van der Waals surface area (Å²) in [7, 11) is -3.53. The number of carbonyl (C=O) groups excluding carboxylic acids is 1. The topological polar surface area (TPSA) is 66.9 Å². The van der Waals surface area contributed by atoms with Crippen molar-refractivity contribution in [3.05, 3.63) is 35.9 Å². The molecule has 2 heterocycles. The molecular weight excluding hydrogens is 352 g/mol. The van der Waals surface area contributed by atoms with Gasteiger partial charge in [-0.05, 0) is 62.5 Å². The molecule has 1 atom stereocenters. The molecule has 7 heteroatoms. The van der Waals surface area contributed by atoms with E-state index in [-0.39, 0.29) is 11.7 Å². The smallest absolute Gasteiger partial charge is 0.306 e. The number of likely N-dealkylation sites (tertiary alicyclic amines) is 2. The molecule has 26 heavy (non-hydrogen) atoms. The Hall–Kier alpha value is -1.86. The van der Waals surface area contributed by atoms with Crippen molar-refractivity contribution in [2.45, 2.75) is 31.7 Å². The highest BCUT2D eigenvalue weighted by Gasteiger charge is 2.29. The first-order valence-corrected chi connectivity index (χ1v) is 10.9. The molecule has 1 amide bonds. The van der Waals surface area contributed by atoms with Crippen LogP contribution in [0.3, 0.4) is 0 Å². The Bertz CT molecular complexity index is 752. The first-order valence-electron chi connectivity index (χ1n) is 9.11. The normalized spacial score (nSPS) is 21.6. The average molecular weight is 378 g/mol. The monoisotopic (exact) mass is 378 g/mol. The van der Waals surface area contributed by atoms with Gasteiger partial charge in [-0.15, -0.1) is 0 Å². The van der Waals surface area contributed by atoms with Crippen LogP contribution >= 0.6 is 0 Å². The van der Waals surface area contributed by atoms with E-state index in [0.717, 1.165) is 50.8 Å². The predicted octanol–water partition coefficient (Wildman–Crippen LogP) is 2.12. The summed E-state index contributed by atoms with van der Waals surface area (Å²) < 4.78 is 27.0. The minimum Gasteiger partial charge on any atom is -0.383 e. The maximum atomic E-state index is 12.6. The second-order valence-corrected chi connectivity index (χ2v) is 8.60. The molecule has 0 spiro atoms. The van der Waals surface area contributed by atoms with Crippen LogP contribution in [0.25, 0.3) is 6.08 Å². The van der Waals surface area contributed by atoms with Crippen LogP contribution in [0.2, 0.25) is 0 Å². The van der Waals surface area contributed by atoms with Gasteiger partial charge in [-0.2, -0.15) is 8.42 Å². The quantitative estimate of drug-likeness (QED) is 0.560. The van der Waals surface area contributed by atoms with Gasteiger partial charge < -0.3 is 14.0 Å². The standard InChI is InChI=1S/C19H26N2O4S/c1-26(23,24)25-18-9-6-16(7-10-18)8-11-19(22)21-14-4-5-17(21)15-20-12-2-3-13-20/h6-11,17H,2-5,12-15H2,1H3/b11-8+/t17-/m0/s1. The molecule has 0 aromatic heterocycles. The lowest BCUT2D eigenvalue weighted by Gasteiger charge is -2.27. The molecule has 1 aromatic carbocycles. The highest BCUT2D eigenvalue weighted by molar-refractivity contribution is 7.86. The molecule has 2 aliphatic heterocycles. The van der Waals surface area contributed by atoms with E-state index in [1.54, 1.807) is 36.4 Å². The van der Waals surface area contributed by atoms with Gasteiger partial charge in [0.05, 0.1) is 6.26 Å². The Morgan fingerprint density at radius 3 is 2.50 bits per heavy atom. The molecule has 2 fully saturated rings. The minimum absolute atomic E-state index is 0.0446. The van der Waals surface area contributed by atoms with Gasteiger partial charge in [-0.3, -0.25) is 4.79 Å². The number of carbonyl (C=O) groups is 1. The molecule has 0 bridgehead atoms. The molecule has 2 aliphatic rings. The number of benzene rings is 1. The number of hydrogen-bond donors (Lipinski definition) is 0. The van der Waals surface area contributed by atoms with Crippen molar-refractivity contribution in [1.29, 1.82) is 0 Å². The summed E-state index contributed by atoms with van der Waals surface area (Å²) >= 11 is 0. The molecule has 2 saturated heterocycles. The molecule has 0 unspecified atom stereocenters. The Morgan fingerprint density at radius 2 is 1.85 bits per heavy atom. The first kappa shape index (κ1) is 18.9. The van der Waals surface area contributed by atoms with Gasteiger partial charge in [-0.25, -0.2) is 0 Å². The molecule has 0 aliphatic carbocycles. The van der Waals surface area contributed by atoms with Gasteiger partial charge in [0.1, 0.15) is 5.75 Å². The van der Waals surface area contributed by atoms with Crippen LogP contribution in [0.4, 0.5) is 0 Å². The fourth-order valence-electron chi connectivity index (χ4n) is 3.65. The maximum absolute atomic E-state index is 12.6. The van der Waals surface area contributed by atoms with Crippen molar-refractivity contribution in [3.63, 3.8) is 0 Å². The number of amides is 1.